The maximum atomic E-state index is 3.86. The Morgan fingerprint density at radius 1 is 1.40 bits per heavy atom. The number of aromatic nitrogens is 3. The van der Waals surface area contributed by atoms with Crippen LogP contribution in [0.1, 0.15) is 0 Å². The number of allylic oxidation sites excluding steroid dienone is 1. The Balaban J connectivity index is 2.36. The van der Waals surface area contributed by atoms with E-state index in [1.54, 1.807) is 23.3 Å². The van der Waals surface area contributed by atoms with Crippen molar-refractivity contribution in [1.29, 1.82) is 0 Å². The Hall–Kier alpha value is -1.65. The predicted molar refractivity (Wildman–Crippen MR) is 34.1 cm³/mol. The molecule has 1 aromatic rings. The van der Waals surface area contributed by atoms with Gasteiger partial charge in [-0.2, -0.15) is 10.5 Å². The van der Waals surface area contributed by atoms with Gasteiger partial charge in [-0.05, 0) is 0 Å². The zero-order valence-electron chi connectivity index (χ0n) is 5.05. The summed E-state index contributed by atoms with van der Waals surface area (Å²) in [6, 6.07) is 0. The molecule has 0 saturated carbocycles. The van der Waals surface area contributed by atoms with Crippen LogP contribution in [0.5, 0.6) is 0 Å². The second kappa shape index (κ2) is 1.94. The van der Waals surface area contributed by atoms with Crippen LogP contribution >= 0.6 is 0 Å². The first-order valence-electron chi connectivity index (χ1n) is 2.76. The average Bonchev–Trinajstić information content (AvgIpc) is 2.59. The third-order valence-electron chi connectivity index (χ3n) is 1.10. The van der Waals surface area contributed by atoms with E-state index < -0.39 is 0 Å². The number of rotatable bonds is 0. The molecule has 2 heterocycles. The Labute approximate surface area is 57.1 Å². The van der Waals surface area contributed by atoms with Gasteiger partial charge < -0.3 is 0 Å². The lowest BCUT2D eigenvalue weighted by molar-refractivity contribution is 0.900. The van der Waals surface area contributed by atoms with Gasteiger partial charge in [0, 0.05) is 6.08 Å². The molecule has 0 aliphatic carbocycles. The lowest BCUT2D eigenvalue weighted by Crippen LogP contribution is -2.07. The smallest absolute Gasteiger partial charge is 0.179 e. The summed E-state index contributed by atoms with van der Waals surface area (Å²) in [7, 11) is 0. The molecule has 0 atom stereocenters. The van der Waals surface area contributed by atoms with Gasteiger partial charge >= 0.3 is 0 Å². The third kappa shape index (κ3) is 0.680. The van der Waals surface area contributed by atoms with Crippen molar-refractivity contribution in [1.82, 2.24) is 20.2 Å². The molecule has 1 aliphatic rings. The second-order valence-corrected chi connectivity index (χ2v) is 1.73. The van der Waals surface area contributed by atoms with Crippen LogP contribution in [0.2, 0.25) is 0 Å². The molecule has 0 N–H and O–H groups in total. The Morgan fingerprint density at radius 3 is 3.00 bits per heavy atom. The highest BCUT2D eigenvalue weighted by molar-refractivity contribution is 5.94. The molecular weight excluding hydrogens is 130 g/mol. The molecule has 0 saturated heterocycles. The monoisotopic (exact) mass is 134 g/mol. The molecule has 1 aromatic heterocycles. The molecule has 0 aromatic carbocycles. The molecule has 49 valence electrons. The van der Waals surface area contributed by atoms with Crippen molar-refractivity contribution in [3.05, 3.63) is 24.9 Å². The summed E-state index contributed by atoms with van der Waals surface area (Å²) in [4.78, 5) is 3.76. The minimum absolute atomic E-state index is 0.692. The zero-order valence-corrected chi connectivity index (χ0v) is 5.05. The summed E-state index contributed by atoms with van der Waals surface area (Å²) in [5.74, 6) is 0.692. The van der Waals surface area contributed by atoms with Crippen LogP contribution in [0.15, 0.2) is 30.0 Å². The standard InChI is InChI=1S/C5H4N5/c1-2-7-9-5(1)10-4-6-3-8-10/h1-4H. The van der Waals surface area contributed by atoms with Crippen LogP contribution in [-0.4, -0.2) is 20.6 Å². The van der Waals surface area contributed by atoms with Gasteiger partial charge in [0.2, 0.25) is 0 Å². The lowest BCUT2D eigenvalue weighted by atomic mass is 10.6. The predicted octanol–water partition coefficient (Wildman–Crippen LogP) is -0.429. The van der Waals surface area contributed by atoms with E-state index in [1.165, 1.54) is 6.33 Å². The van der Waals surface area contributed by atoms with E-state index >= 15 is 0 Å². The largest absolute Gasteiger partial charge is 0.223 e. The van der Waals surface area contributed by atoms with Crippen molar-refractivity contribution in [2.24, 2.45) is 5.10 Å². The Kier molecular flexibility index (Phi) is 1.00. The van der Waals surface area contributed by atoms with Crippen LogP contribution in [0, 0.1) is 0 Å². The van der Waals surface area contributed by atoms with E-state index in [0.29, 0.717) is 5.84 Å². The molecule has 1 radical (unpaired) electrons. The first-order valence-corrected chi connectivity index (χ1v) is 2.76. The summed E-state index contributed by atoms with van der Waals surface area (Å²) < 4.78 is 1.55. The summed E-state index contributed by atoms with van der Waals surface area (Å²) in [6.07, 6.45) is 6.39. The van der Waals surface area contributed by atoms with E-state index in [1.807, 2.05) is 0 Å². The summed E-state index contributed by atoms with van der Waals surface area (Å²) >= 11 is 0. The van der Waals surface area contributed by atoms with E-state index in [9.17, 15) is 0 Å². The van der Waals surface area contributed by atoms with Gasteiger partial charge in [0.25, 0.3) is 0 Å². The van der Waals surface area contributed by atoms with Gasteiger partial charge in [-0.3, -0.25) is 0 Å². The van der Waals surface area contributed by atoms with Crippen molar-refractivity contribution in [2.75, 3.05) is 0 Å². The summed E-state index contributed by atoms with van der Waals surface area (Å²) in [6.45, 7) is 0. The van der Waals surface area contributed by atoms with Crippen LogP contribution in [0.25, 0.3) is 0 Å². The SMILES string of the molecule is C1=CC(n2cncn2)=N[N]1. The van der Waals surface area contributed by atoms with Gasteiger partial charge in [-0.15, -0.1) is 5.10 Å². The average molecular weight is 134 g/mol. The van der Waals surface area contributed by atoms with Crippen molar-refractivity contribution < 1.29 is 0 Å². The van der Waals surface area contributed by atoms with Gasteiger partial charge in [-0.1, -0.05) is 0 Å². The molecule has 0 bridgehead atoms. The highest BCUT2D eigenvalue weighted by Crippen LogP contribution is 1.91. The maximum Gasteiger partial charge on any atom is 0.179 e. The molecule has 0 spiro atoms. The molecule has 10 heavy (non-hydrogen) atoms. The molecule has 5 heteroatoms. The Bertz CT molecular complexity index is 270. The second-order valence-electron chi connectivity index (χ2n) is 1.73. The van der Waals surface area contributed by atoms with E-state index in [4.69, 9.17) is 0 Å². The summed E-state index contributed by atoms with van der Waals surface area (Å²) in [5.41, 5.74) is 3.64. The fraction of sp³-hybridized carbons (Fsp3) is 0. The molecule has 0 amide bonds. The van der Waals surface area contributed by atoms with Crippen molar-refractivity contribution >= 4 is 5.84 Å². The number of nitrogens with zero attached hydrogens (tertiary/aromatic N) is 5. The first-order chi connectivity index (χ1) is 4.97. The van der Waals surface area contributed by atoms with Crippen LogP contribution in [-0.2, 0) is 0 Å². The van der Waals surface area contributed by atoms with Gasteiger partial charge in [0.1, 0.15) is 12.7 Å². The van der Waals surface area contributed by atoms with Crippen LogP contribution in [0.4, 0.5) is 0 Å². The zero-order chi connectivity index (χ0) is 6.81. The number of hydrogen-bond donors (Lipinski definition) is 0. The van der Waals surface area contributed by atoms with Crippen LogP contribution in [0.3, 0.4) is 0 Å². The van der Waals surface area contributed by atoms with E-state index in [-0.39, 0.29) is 0 Å². The molecule has 2 rings (SSSR count). The van der Waals surface area contributed by atoms with Gasteiger partial charge in [-0.25, -0.2) is 9.67 Å². The van der Waals surface area contributed by atoms with Gasteiger partial charge in [0.05, 0.1) is 6.20 Å². The van der Waals surface area contributed by atoms with Gasteiger partial charge in [0.15, 0.2) is 5.84 Å². The van der Waals surface area contributed by atoms with Crippen molar-refractivity contribution in [3.63, 3.8) is 0 Å². The highest BCUT2D eigenvalue weighted by atomic mass is 15.4. The topological polar surface area (TPSA) is 57.2 Å². The summed E-state index contributed by atoms with van der Waals surface area (Å²) in [5, 5.41) is 7.63. The minimum atomic E-state index is 0.692. The van der Waals surface area contributed by atoms with Crippen molar-refractivity contribution in [2.45, 2.75) is 0 Å². The normalized spacial score (nSPS) is 15.0. The first kappa shape index (κ1) is 5.16. The fourth-order valence-electron chi connectivity index (χ4n) is 0.675. The molecule has 5 nitrogen and oxygen atoms in total. The Morgan fingerprint density at radius 2 is 2.40 bits per heavy atom. The molecule has 0 fully saturated rings. The van der Waals surface area contributed by atoms with E-state index in [2.05, 4.69) is 20.6 Å². The molecule has 0 unspecified atom stereocenters. The lowest BCUT2D eigenvalue weighted by Gasteiger charge is -1.90. The van der Waals surface area contributed by atoms with E-state index in [0.717, 1.165) is 0 Å². The molecule has 1 aliphatic heterocycles. The number of hydrogen-bond acceptors (Lipinski definition) is 3. The van der Waals surface area contributed by atoms with Crippen LogP contribution < -0.4 is 5.43 Å². The molecular formula is C5H4N5. The fourth-order valence-corrected chi connectivity index (χ4v) is 0.675. The third-order valence-corrected chi connectivity index (χ3v) is 1.10. The maximum absolute atomic E-state index is 3.86. The van der Waals surface area contributed by atoms with Crippen molar-refractivity contribution in [3.8, 4) is 0 Å². The highest BCUT2D eigenvalue weighted by Gasteiger charge is 2.01. The minimum Gasteiger partial charge on any atom is -0.223 e. The quantitative estimate of drug-likeness (QED) is 0.483.